The van der Waals surface area contributed by atoms with Gasteiger partial charge < -0.3 is 14.6 Å². The van der Waals surface area contributed by atoms with Gasteiger partial charge in [0.05, 0.1) is 6.10 Å². The Morgan fingerprint density at radius 3 is 2.80 bits per heavy atom. The number of benzene rings is 1. The van der Waals surface area contributed by atoms with Crippen molar-refractivity contribution < 1.29 is 19.0 Å². The lowest BCUT2D eigenvalue weighted by Crippen LogP contribution is -2.05. The van der Waals surface area contributed by atoms with Crippen molar-refractivity contribution in [2.45, 2.75) is 20.0 Å². The molecule has 0 fully saturated rings. The van der Waals surface area contributed by atoms with E-state index >= 15 is 0 Å². The van der Waals surface area contributed by atoms with Gasteiger partial charge in [0.2, 0.25) is 0 Å². The summed E-state index contributed by atoms with van der Waals surface area (Å²) in [6.45, 7) is 4.02. The maximum atomic E-state index is 12.9. The minimum absolute atomic E-state index is 0.0552. The Morgan fingerprint density at radius 2 is 2.20 bits per heavy atom. The van der Waals surface area contributed by atoms with E-state index < -0.39 is 11.9 Å². The summed E-state index contributed by atoms with van der Waals surface area (Å²) in [5, 5.41) is 9.41. The number of halogens is 1. The molecule has 0 saturated heterocycles. The molecule has 1 rings (SSSR count). The van der Waals surface area contributed by atoms with Gasteiger partial charge in [0.1, 0.15) is 11.6 Å². The van der Waals surface area contributed by atoms with Crippen LogP contribution in [0.15, 0.2) is 18.2 Å². The van der Waals surface area contributed by atoms with Gasteiger partial charge >= 0.3 is 0 Å². The van der Waals surface area contributed by atoms with Crippen LogP contribution in [0.4, 0.5) is 4.39 Å². The number of hydrogen-bond acceptors (Lipinski definition) is 3. The van der Waals surface area contributed by atoms with Gasteiger partial charge in [0.15, 0.2) is 6.79 Å². The molecule has 15 heavy (non-hydrogen) atoms. The highest BCUT2D eigenvalue weighted by Crippen LogP contribution is 2.25. The summed E-state index contributed by atoms with van der Waals surface area (Å²) < 4.78 is 23.1. The first-order valence-electron chi connectivity index (χ1n) is 4.83. The Kier molecular flexibility index (Phi) is 4.52. The summed E-state index contributed by atoms with van der Waals surface area (Å²) in [6.07, 6.45) is -0.692. The molecule has 84 valence electrons. The average molecular weight is 214 g/mol. The van der Waals surface area contributed by atoms with Gasteiger partial charge in [-0.25, -0.2) is 4.39 Å². The van der Waals surface area contributed by atoms with Crippen molar-refractivity contribution in [2.75, 3.05) is 13.4 Å². The van der Waals surface area contributed by atoms with Crippen molar-refractivity contribution in [3.05, 3.63) is 29.6 Å². The van der Waals surface area contributed by atoms with E-state index in [4.69, 9.17) is 9.47 Å². The van der Waals surface area contributed by atoms with Gasteiger partial charge in [-0.1, -0.05) is 0 Å². The Hall–Kier alpha value is -1.13. The monoisotopic (exact) mass is 214 g/mol. The van der Waals surface area contributed by atoms with E-state index in [0.717, 1.165) is 0 Å². The highest BCUT2D eigenvalue weighted by Gasteiger charge is 2.10. The molecule has 1 aromatic carbocycles. The van der Waals surface area contributed by atoms with Crippen molar-refractivity contribution in [3.8, 4) is 5.75 Å². The number of aliphatic hydroxyl groups is 1. The Bertz CT molecular complexity index is 313. The van der Waals surface area contributed by atoms with E-state index in [0.29, 0.717) is 17.9 Å². The van der Waals surface area contributed by atoms with Crippen molar-refractivity contribution in [1.82, 2.24) is 0 Å². The van der Waals surface area contributed by atoms with Crippen LogP contribution in [0, 0.1) is 5.82 Å². The quantitative estimate of drug-likeness (QED) is 0.603. The molecular formula is C11H15FO3. The topological polar surface area (TPSA) is 38.7 Å². The first-order chi connectivity index (χ1) is 7.15. The fourth-order valence-corrected chi connectivity index (χ4v) is 1.17. The Morgan fingerprint density at radius 1 is 1.47 bits per heavy atom. The maximum Gasteiger partial charge on any atom is 0.189 e. The zero-order chi connectivity index (χ0) is 11.3. The minimum Gasteiger partial charge on any atom is -0.467 e. The third-order valence-electron chi connectivity index (χ3n) is 1.93. The van der Waals surface area contributed by atoms with Gasteiger partial charge in [-0.05, 0) is 26.0 Å². The zero-order valence-electron chi connectivity index (χ0n) is 8.87. The predicted molar refractivity (Wildman–Crippen MR) is 54.2 cm³/mol. The van der Waals surface area contributed by atoms with Crippen LogP contribution in [0.25, 0.3) is 0 Å². The first-order valence-corrected chi connectivity index (χ1v) is 4.83. The minimum atomic E-state index is -0.692. The summed E-state index contributed by atoms with van der Waals surface area (Å²) in [6, 6.07) is 4.03. The summed E-state index contributed by atoms with van der Waals surface area (Å²) >= 11 is 0. The zero-order valence-corrected chi connectivity index (χ0v) is 8.87. The number of aliphatic hydroxyl groups excluding tert-OH is 1. The third kappa shape index (κ3) is 3.49. The van der Waals surface area contributed by atoms with Crippen LogP contribution in [0.2, 0.25) is 0 Å². The summed E-state index contributed by atoms with van der Waals surface area (Å²) in [5.41, 5.74) is 0.552. The van der Waals surface area contributed by atoms with E-state index in [1.165, 1.54) is 18.2 Å². The van der Waals surface area contributed by atoms with Gasteiger partial charge in [0, 0.05) is 18.2 Å². The molecule has 4 heteroatoms. The second kappa shape index (κ2) is 5.68. The molecule has 0 aliphatic heterocycles. The van der Waals surface area contributed by atoms with Crippen LogP contribution in [-0.2, 0) is 4.74 Å². The van der Waals surface area contributed by atoms with Gasteiger partial charge in [0.25, 0.3) is 0 Å². The lowest BCUT2D eigenvalue weighted by molar-refractivity contribution is 0.0203. The maximum absolute atomic E-state index is 12.9. The molecule has 0 amide bonds. The molecule has 0 aliphatic rings. The number of ether oxygens (including phenoxy) is 2. The lowest BCUT2D eigenvalue weighted by Gasteiger charge is -2.13. The van der Waals surface area contributed by atoms with E-state index in [9.17, 15) is 9.50 Å². The van der Waals surface area contributed by atoms with Crippen LogP contribution >= 0.6 is 0 Å². The van der Waals surface area contributed by atoms with Gasteiger partial charge in [-0.15, -0.1) is 0 Å². The van der Waals surface area contributed by atoms with Crippen molar-refractivity contribution >= 4 is 0 Å². The van der Waals surface area contributed by atoms with Crippen LogP contribution in [-0.4, -0.2) is 18.5 Å². The second-order valence-corrected chi connectivity index (χ2v) is 3.11. The molecule has 0 spiro atoms. The molecule has 0 bridgehead atoms. The van der Waals surface area contributed by atoms with Crippen LogP contribution < -0.4 is 4.74 Å². The van der Waals surface area contributed by atoms with E-state index in [2.05, 4.69) is 0 Å². The van der Waals surface area contributed by atoms with Crippen molar-refractivity contribution in [1.29, 1.82) is 0 Å². The summed E-state index contributed by atoms with van der Waals surface area (Å²) in [7, 11) is 0. The van der Waals surface area contributed by atoms with Crippen LogP contribution in [0.3, 0.4) is 0 Å². The smallest absolute Gasteiger partial charge is 0.189 e. The summed E-state index contributed by atoms with van der Waals surface area (Å²) in [5.74, 6) is -0.0793. The van der Waals surface area contributed by atoms with Crippen LogP contribution in [0.1, 0.15) is 25.5 Å². The highest BCUT2D eigenvalue weighted by molar-refractivity contribution is 5.35. The molecule has 0 aromatic heterocycles. The normalized spacial score (nSPS) is 12.5. The molecule has 0 unspecified atom stereocenters. The van der Waals surface area contributed by atoms with Gasteiger partial charge in [-0.3, -0.25) is 0 Å². The largest absolute Gasteiger partial charge is 0.467 e. The number of hydrogen-bond donors (Lipinski definition) is 1. The molecule has 1 aromatic rings. The summed E-state index contributed by atoms with van der Waals surface area (Å²) in [4.78, 5) is 0. The lowest BCUT2D eigenvalue weighted by atomic mass is 10.1. The van der Waals surface area contributed by atoms with Crippen molar-refractivity contribution in [3.63, 3.8) is 0 Å². The molecule has 0 saturated carbocycles. The van der Waals surface area contributed by atoms with Crippen LogP contribution in [0.5, 0.6) is 5.75 Å². The SMILES string of the molecule is CCOCOc1cc(F)ccc1[C@H](C)O. The number of rotatable bonds is 5. The van der Waals surface area contributed by atoms with E-state index in [1.807, 2.05) is 6.92 Å². The average Bonchev–Trinajstić information content (AvgIpc) is 2.18. The fraction of sp³-hybridized carbons (Fsp3) is 0.455. The Labute approximate surface area is 88.4 Å². The third-order valence-corrected chi connectivity index (χ3v) is 1.93. The molecule has 0 heterocycles. The van der Waals surface area contributed by atoms with Gasteiger partial charge in [-0.2, -0.15) is 0 Å². The molecular weight excluding hydrogens is 199 g/mol. The van der Waals surface area contributed by atoms with E-state index in [-0.39, 0.29) is 6.79 Å². The first kappa shape index (κ1) is 11.9. The predicted octanol–water partition coefficient (Wildman–Crippen LogP) is 2.25. The van der Waals surface area contributed by atoms with E-state index in [1.54, 1.807) is 6.92 Å². The molecule has 0 radical (unpaired) electrons. The highest BCUT2D eigenvalue weighted by atomic mass is 19.1. The Balaban J connectivity index is 2.77. The fourth-order valence-electron chi connectivity index (χ4n) is 1.17. The molecule has 1 N–H and O–H groups in total. The standard InChI is InChI=1S/C11H15FO3/c1-3-14-7-15-11-6-9(12)4-5-10(11)8(2)13/h4-6,8,13H,3,7H2,1-2H3/t8-/m0/s1. The second-order valence-electron chi connectivity index (χ2n) is 3.11. The molecule has 0 aliphatic carbocycles. The molecule has 3 nitrogen and oxygen atoms in total. The molecule has 1 atom stereocenters. The van der Waals surface area contributed by atoms with Crippen molar-refractivity contribution in [2.24, 2.45) is 0 Å².